The third kappa shape index (κ3) is 5.89. The number of ether oxygens (including phenoxy) is 1. The molecule has 0 aliphatic carbocycles. The van der Waals surface area contributed by atoms with E-state index in [-0.39, 0.29) is 28.8 Å². The van der Waals surface area contributed by atoms with Crippen molar-refractivity contribution in [3.05, 3.63) is 117 Å². The fourth-order valence-electron chi connectivity index (χ4n) is 5.66. The number of hydrogen-bond acceptors (Lipinski definition) is 3. The molecule has 1 saturated heterocycles. The first-order chi connectivity index (χ1) is 20.6. The molecule has 228 valence electrons. The van der Waals surface area contributed by atoms with E-state index in [2.05, 4.69) is 0 Å². The standard InChI is InChI=1S/C34H28F5NO4/c1-17-5-7-26(28-14-27(29(35)15-30(28)36)25-8-6-21(32(41)42)12-19(25)3)23(9-17)16-40-20(4)31(44-33(40)43)22-10-18(2)11-24(13-22)34(37,38)39/h5-15,20,31H,16H2,1-4H3,(H,41,42)/t20-,31-/m0/s1. The highest BCUT2D eigenvalue weighted by molar-refractivity contribution is 5.89. The number of aryl methyl sites for hydroxylation is 3. The number of carboxylic acids is 1. The molecule has 0 spiro atoms. The van der Waals surface area contributed by atoms with Gasteiger partial charge in [0, 0.05) is 17.2 Å². The summed E-state index contributed by atoms with van der Waals surface area (Å²) >= 11 is 0. The zero-order chi connectivity index (χ0) is 32.1. The van der Waals surface area contributed by atoms with Gasteiger partial charge in [-0.2, -0.15) is 13.2 Å². The average molecular weight is 610 g/mol. The maximum absolute atomic E-state index is 15.4. The summed E-state index contributed by atoms with van der Waals surface area (Å²) in [6.45, 7) is 6.59. The van der Waals surface area contributed by atoms with Crippen LogP contribution in [0, 0.1) is 32.4 Å². The van der Waals surface area contributed by atoms with Crippen LogP contribution in [0.25, 0.3) is 22.3 Å². The fraction of sp³-hybridized carbons (Fsp3) is 0.235. The van der Waals surface area contributed by atoms with Gasteiger partial charge in [-0.05, 0) is 85.8 Å². The van der Waals surface area contributed by atoms with E-state index in [0.29, 0.717) is 27.8 Å². The molecule has 1 amide bonds. The Hall–Kier alpha value is -4.73. The van der Waals surface area contributed by atoms with Gasteiger partial charge < -0.3 is 9.84 Å². The second-order valence-corrected chi connectivity index (χ2v) is 11.1. The molecule has 0 unspecified atom stereocenters. The Balaban J connectivity index is 1.52. The maximum Gasteiger partial charge on any atom is 0.416 e. The number of carboxylic acid groups (broad SMARTS) is 1. The number of benzene rings is 4. The number of carbonyl (C=O) groups is 2. The Morgan fingerprint density at radius 1 is 0.841 bits per heavy atom. The second-order valence-electron chi connectivity index (χ2n) is 11.1. The van der Waals surface area contributed by atoms with Gasteiger partial charge in [-0.15, -0.1) is 0 Å². The monoisotopic (exact) mass is 609 g/mol. The molecule has 1 N–H and O–H groups in total. The van der Waals surface area contributed by atoms with Crippen LogP contribution in [0.1, 0.15) is 56.8 Å². The number of aromatic carboxylic acids is 1. The lowest BCUT2D eigenvalue weighted by Crippen LogP contribution is -2.31. The summed E-state index contributed by atoms with van der Waals surface area (Å²) in [7, 11) is 0. The fourth-order valence-corrected chi connectivity index (χ4v) is 5.66. The highest BCUT2D eigenvalue weighted by Crippen LogP contribution is 2.40. The zero-order valence-electron chi connectivity index (χ0n) is 24.2. The van der Waals surface area contributed by atoms with Crippen LogP contribution in [0.3, 0.4) is 0 Å². The molecule has 1 fully saturated rings. The van der Waals surface area contributed by atoms with Gasteiger partial charge in [-0.1, -0.05) is 41.5 Å². The molecule has 10 heteroatoms. The van der Waals surface area contributed by atoms with Crippen LogP contribution >= 0.6 is 0 Å². The molecule has 4 aromatic carbocycles. The van der Waals surface area contributed by atoms with Gasteiger partial charge in [0.15, 0.2) is 0 Å². The summed E-state index contributed by atoms with van der Waals surface area (Å²) in [5.74, 6) is -2.81. The molecule has 0 radical (unpaired) electrons. The summed E-state index contributed by atoms with van der Waals surface area (Å²) < 4.78 is 76.5. The largest absolute Gasteiger partial charge is 0.478 e. The Bertz CT molecular complexity index is 1800. The number of cyclic esters (lactones) is 1. The van der Waals surface area contributed by atoms with Crippen LogP contribution in [-0.2, 0) is 17.5 Å². The van der Waals surface area contributed by atoms with Crippen molar-refractivity contribution in [1.82, 2.24) is 4.90 Å². The summed E-state index contributed by atoms with van der Waals surface area (Å²) in [6.07, 6.45) is -6.28. The summed E-state index contributed by atoms with van der Waals surface area (Å²) in [5, 5.41) is 9.29. The van der Waals surface area contributed by atoms with Crippen LogP contribution < -0.4 is 0 Å². The quantitative estimate of drug-likeness (QED) is 0.222. The smallest absolute Gasteiger partial charge is 0.416 e. The van der Waals surface area contributed by atoms with Crippen LogP contribution in [0.15, 0.2) is 66.7 Å². The van der Waals surface area contributed by atoms with Crippen molar-refractivity contribution >= 4 is 12.1 Å². The second kappa shape index (κ2) is 11.4. The molecule has 5 nitrogen and oxygen atoms in total. The minimum absolute atomic E-state index is 0.0278. The van der Waals surface area contributed by atoms with Gasteiger partial charge in [0.25, 0.3) is 0 Å². The molecule has 4 aromatic rings. The van der Waals surface area contributed by atoms with E-state index in [0.717, 1.165) is 23.8 Å². The molecule has 2 atom stereocenters. The van der Waals surface area contributed by atoms with Crippen LogP contribution in [0.2, 0.25) is 0 Å². The summed E-state index contributed by atoms with van der Waals surface area (Å²) in [6, 6.07) is 14.4. The number of nitrogens with zero attached hydrogens (tertiary/aromatic N) is 1. The number of alkyl halides is 3. The zero-order valence-corrected chi connectivity index (χ0v) is 24.2. The molecule has 1 aliphatic heterocycles. The van der Waals surface area contributed by atoms with E-state index in [1.165, 1.54) is 36.1 Å². The van der Waals surface area contributed by atoms with Crippen LogP contribution in [0.5, 0.6) is 0 Å². The predicted molar refractivity (Wildman–Crippen MR) is 154 cm³/mol. The molecule has 0 bridgehead atoms. The first-order valence-corrected chi connectivity index (χ1v) is 13.7. The lowest BCUT2D eigenvalue weighted by molar-refractivity contribution is -0.137. The van der Waals surface area contributed by atoms with Gasteiger partial charge in [-0.25, -0.2) is 18.4 Å². The van der Waals surface area contributed by atoms with Crippen molar-refractivity contribution in [2.45, 2.75) is 52.6 Å². The van der Waals surface area contributed by atoms with Crippen molar-refractivity contribution in [2.24, 2.45) is 0 Å². The Morgan fingerprint density at radius 2 is 1.50 bits per heavy atom. The minimum Gasteiger partial charge on any atom is -0.478 e. The Kier molecular flexibility index (Phi) is 7.96. The van der Waals surface area contributed by atoms with Gasteiger partial charge in [0.1, 0.15) is 17.7 Å². The molecule has 1 heterocycles. The Labute approximate surface area is 250 Å². The first kappa shape index (κ1) is 30.7. The van der Waals surface area contributed by atoms with Gasteiger partial charge >= 0.3 is 18.2 Å². The van der Waals surface area contributed by atoms with E-state index in [9.17, 15) is 27.9 Å². The number of amides is 1. The molecule has 0 aromatic heterocycles. The summed E-state index contributed by atoms with van der Waals surface area (Å²) in [5.41, 5.74) is 2.46. The predicted octanol–water partition coefficient (Wildman–Crippen LogP) is 9.02. The lowest BCUT2D eigenvalue weighted by atomic mass is 9.91. The highest BCUT2D eigenvalue weighted by Gasteiger charge is 2.41. The number of halogens is 5. The van der Waals surface area contributed by atoms with Gasteiger partial charge in [0.05, 0.1) is 23.7 Å². The van der Waals surface area contributed by atoms with E-state index in [4.69, 9.17) is 4.74 Å². The molecular formula is C34H28F5NO4. The van der Waals surface area contributed by atoms with E-state index in [1.807, 2.05) is 6.92 Å². The number of rotatable bonds is 6. The van der Waals surface area contributed by atoms with Crippen molar-refractivity contribution in [3.8, 4) is 22.3 Å². The molecular weight excluding hydrogens is 581 g/mol. The van der Waals surface area contributed by atoms with E-state index in [1.54, 1.807) is 38.1 Å². The summed E-state index contributed by atoms with van der Waals surface area (Å²) in [4.78, 5) is 25.8. The number of carbonyl (C=O) groups excluding carboxylic acids is 1. The first-order valence-electron chi connectivity index (χ1n) is 13.7. The third-order valence-electron chi connectivity index (χ3n) is 7.86. The van der Waals surface area contributed by atoms with Crippen molar-refractivity contribution in [3.63, 3.8) is 0 Å². The molecule has 1 aliphatic rings. The molecule has 0 saturated carbocycles. The van der Waals surface area contributed by atoms with E-state index < -0.39 is 47.6 Å². The average Bonchev–Trinajstić information content (AvgIpc) is 3.21. The number of hydrogen-bond donors (Lipinski definition) is 1. The Morgan fingerprint density at radius 3 is 2.14 bits per heavy atom. The van der Waals surface area contributed by atoms with Crippen molar-refractivity contribution in [2.75, 3.05) is 0 Å². The van der Waals surface area contributed by atoms with Crippen LogP contribution in [0.4, 0.5) is 26.7 Å². The molecule has 44 heavy (non-hydrogen) atoms. The topological polar surface area (TPSA) is 66.8 Å². The van der Waals surface area contributed by atoms with Crippen LogP contribution in [-0.4, -0.2) is 28.1 Å². The maximum atomic E-state index is 15.4. The third-order valence-corrected chi connectivity index (χ3v) is 7.86. The van der Waals surface area contributed by atoms with Gasteiger partial charge in [-0.3, -0.25) is 4.90 Å². The van der Waals surface area contributed by atoms with E-state index >= 15 is 8.78 Å². The molecule has 5 rings (SSSR count). The normalized spacial score (nSPS) is 16.8. The van der Waals surface area contributed by atoms with Gasteiger partial charge in [0.2, 0.25) is 0 Å². The lowest BCUT2D eigenvalue weighted by Gasteiger charge is -2.23. The van der Waals surface area contributed by atoms with Crippen molar-refractivity contribution < 1.29 is 41.4 Å². The minimum atomic E-state index is -4.57. The highest BCUT2D eigenvalue weighted by atomic mass is 19.4. The SMILES string of the molecule is Cc1cc([C@H]2OC(=O)N(Cc3cc(C)ccc3-c3cc(-c4ccc(C(=O)O)cc4C)c(F)cc3F)[C@H]2C)cc(C(F)(F)F)c1. The van der Waals surface area contributed by atoms with Crippen molar-refractivity contribution in [1.29, 1.82) is 0 Å².